The minimum absolute atomic E-state index is 0.0726. The summed E-state index contributed by atoms with van der Waals surface area (Å²) in [4.78, 5) is 14.3. The first kappa shape index (κ1) is 21.4. The fraction of sp³-hybridized carbons (Fsp3) is 0.190. The Kier molecular flexibility index (Phi) is 6.96. The van der Waals surface area contributed by atoms with E-state index in [-0.39, 0.29) is 18.5 Å². The molecule has 29 heavy (non-hydrogen) atoms. The van der Waals surface area contributed by atoms with Crippen LogP contribution >= 0.6 is 34.8 Å². The lowest BCUT2D eigenvalue weighted by atomic mass is 10.2. The standard InChI is InChI=1S/C21H18Cl3N3O2/c1-13(2)27(20(28)10-8-14-7-9-17(23)18(24)11-14)12-19-25-26-21(29-19)15-5-3-4-6-16(15)22/h3-11,13H,12H2,1-2H3/b10-8+. The summed E-state index contributed by atoms with van der Waals surface area (Å²) >= 11 is 18.1. The molecule has 0 aliphatic rings. The van der Waals surface area contributed by atoms with E-state index in [4.69, 9.17) is 39.2 Å². The molecule has 0 fully saturated rings. The van der Waals surface area contributed by atoms with Crippen LogP contribution in [0.1, 0.15) is 25.3 Å². The number of halogens is 3. The van der Waals surface area contributed by atoms with E-state index < -0.39 is 0 Å². The van der Waals surface area contributed by atoms with Crippen LogP contribution in [0.3, 0.4) is 0 Å². The molecule has 0 saturated carbocycles. The van der Waals surface area contributed by atoms with Crippen LogP contribution in [-0.2, 0) is 11.3 Å². The first-order chi connectivity index (χ1) is 13.8. The zero-order valence-electron chi connectivity index (χ0n) is 15.8. The van der Waals surface area contributed by atoms with Gasteiger partial charge >= 0.3 is 0 Å². The Hall–Kier alpha value is -2.34. The van der Waals surface area contributed by atoms with Gasteiger partial charge in [0, 0.05) is 12.1 Å². The first-order valence-corrected chi connectivity index (χ1v) is 9.99. The van der Waals surface area contributed by atoms with Gasteiger partial charge in [-0.15, -0.1) is 10.2 Å². The van der Waals surface area contributed by atoms with Gasteiger partial charge in [0.15, 0.2) is 0 Å². The highest BCUT2D eigenvalue weighted by molar-refractivity contribution is 6.42. The Labute approximate surface area is 183 Å². The van der Waals surface area contributed by atoms with E-state index >= 15 is 0 Å². The van der Waals surface area contributed by atoms with Crippen LogP contribution in [0.2, 0.25) is 15.1 Å². The van der Waals surface area contributed by atoms with Crippen molar-refractivity contribution in [3.63, 3.8) is 0 Å². The van der Waals surface area contributed by atoms with Gasteiger partial charge in [-0.3, -0.25) is 4.79 Å². The monoisotopic (exact) mass is 449 g/mol. The topological polar surface area (TPSA) is 59.2 Å². The van der Waals surface area contributed by atoms with Gasteiger partial charge in [-0.1, -0.05) is 53.0 Å². The molecule has 1 amide bonds. The fourth-order valence-corrected chi connectivity index (χ4v) is 3.12. The van der Waals surface area contributed by atoms with Gasteiger partial charge < -0.3 is 9.32 Å². The van der Waals surface area contributed by atoms with Crippen molar-refractivity contribution in [3.05, 3.63) is 75.1 Å². The number of hydrogen-bond donors (Lipinski definition) is 0. The summed E-state index contributed by atoms with van der Waals surface area (Å²) in [5.74, 6) is 0.446. The highest BCUT2D eigenvalue weighted by atomic mass is 35.5. The molecule has 1 aromatic heterocycles. The predicted octanol–water partition coefficient (Wildman–Crippen LogP) is 6.15. The molecule has 0 atom stereocenters. The largest absolute Gasteiger partial charge is 0.419 e. The molecular weight excluding hydrogens is 433 g/mol. The van der Waals surface area contributed by atoms with E-state index in [9.17, 15) is 4.79 Å². The molecule has 2 aromatic carbocycles. The molecular formula is C21H18Cl3N3O2. The van der Waals surface area contributed by atoms with Crippen molar-refractivity contribution in [3.8, 4) is 11.5 Å². The molecule has 3 aromatic rings. The number of rotatable bonds is 6. The second-order valence-corrected chi connectivity index (χ2v) is 7.77. The summed E-state index contributed by atoms with van der Waals surface area (Å²) in [5.41, 5.74) is 1.42. The van der Waals surface area contributed by atoms with Gasteiger partial charge in [0.25, 0.3) is 0 Å². The summed E-state index contributed by atoms with van der Waals surface area (Å²) in [7, 11) is 0. The van der Waals surface area contributed by atoms with E-state index in [0.717, 1.165) is 5.56 Å². The van der Waals surface area contributed by atoms with Gasteiger partial charge in [0.1, 0.15) is 0 Å². The molecule has 0 saturated heterocycles. The van der Waals surface area contributed by atoms with E-state index in [1.54, 1.807) is 41.3 Å². The lowest BCUT2D eigenvalue weighted by molar-refractivity contribution is -0.128. The fourth-order valence-electron chi connectivity index (χ4n) is 2.60. The maximum absolute atomic E-state index is 12.7. The molecule has 5 nitrogen and oxygen atoms in total. The van der Waals surface area contributed by atoms with Crippen LogP contribution in [0.4, 0.5) is 0 Å². The van der Waals surface area contributed by atoms with E-state index in [0.29, 0.717) is 32.4 Å². The zero-order chi connectivity index (χ0) is 21.0. The molecule has 0 radical (unpaired) electrons. The number of aromatic nitrogens is 2. The Morgan fingerprint density at radius 3 is 2.52 bits per heavy atom. The summed E-state index contributed by atoms with van der Waals surface area (Å²) in [6.07, 6.45) is 3.16. The third-order valence-corrected chi connectivity index (χ3v) is 5.21. The van der Waals surface area contributed by atoms with E-state index in [1.165, 1.54) is 6.08 Å². The number of amides is 1. The van der Waals surface area contributed by atoms with Crippen molar-refractivity contribution in [2.24, 2.45) is 0 Å². The van der Waals surface area contributed by atoms with Crippen molar-refractivity contribution in [2.45, 2.75) is 26.4 Å². The maximum atomic E-state index is 12.7. The van der Waals surface area contributed by atoms with Crippen LogP contribution < -0.4 is 0 Å². The third-order valence-electron chi connectivity index (χ3n) is 4.15. The Morgan fingerprint density at radius 1 is 1.07 bits per heavy atom. The second kappa shape index (κ2) is 9.44. The molecule has 0 spiro atoms. The number of carbonyl (C=O) groups is 1. The molecule has 150 valence electrons. The van der Waals surface area contributed by atoms with Crippen molar-refractivity contribution in [1.29, 1.82) is 0 Å². The lowest BCUT2D eigenvalue weighted by Gasteiger charge is -2.23. The van der Waals surface area contributed by atoms with Crippen LogP contribution in [-0.4, -0.2) is 27.0 Å². The highest BCUT2D eigenvalue weighted by Gasteiger charge is 2.19. The first-order valence-electron chi connectivity index (χ1n) is 8.86. The summed E-state index contributed by atoms with van der Waals surface area (Å²) in [5, 5.41) is 9.51. The summed E-state index contributed by atoms with van der Waals surface area (Å²) in [6.45, 7) is 4.01. The summed E-state index contributed by atoms with van der Waals surface area (Å²) < 4.78 is 5.72. The highest BCUT2D eigenvalue weighted by Crippen LogP contribution is 2.27. The van der Waals surface area contributed by atoms with Crippen molar-refractivity contribution in [2.75, 3.05) is 0 Å². The van der Waals surface area contributed by atoms with Gasteiger partial charge in [-0.05, 0) is 49.8 Å². The Balaban J connectivity index is 1.75. The average Bonchev–Trinajstić information content (AvgIpc) is 3.15. The molecule has 0 N–H and O–H groups in total. The maximum Gasteiger partial charge on any atom is 0.249 e. The van der Waals surface area contributed by atoms with Crippen molar-refractivity contribution in [1.82, 2.24) is 15.1 Å². The molecule has 8 heteroatoms. The number of hydrogen-bond acceptors (Lipinski definition) is 4. The average molecular weight is 451 g/mol. The van der Waals surface area contributed by atoms with Crippen molar-refractivity contribution >= 4 is 46.8 Å². The smallest absolute Gasteiger partial charge is 0.249 e. The molecule has 3 rings (SSSR count). The third kappa shape index (κ3) is 5.38. The molecule has 0 bridgehead atoms. The normalized spacial score (nSPS) is 11.4. The number of nitrogens with zero attached hydrogens (tertiary/aromatic N) is 3. The van der Waals surface area contributed by atoms with E-state index in [2.05, 4.69) is 10.2 Å². The Bertz CT molecular complexity index is 1050. The van der Waals surface area contributed by atoms with Gasteiger partial charge in [-0.2, -0.15) is 0 Å². The number of carbonyl (C=O) groups excluding carboxylic acids is 1. The Morgan fingerprint density at radius 2 is 1.83 bits per heavy atom. The minimum atomic E-state index is -0.191. The number of benzene rings is 2. The SMILES string of the molecule is CC(C)N(Cc1nnc(-c2ccccc2Cl)o1)C(=O)/C=C/c1ccc(Cl)c(Cl)c1. The van der Waals surface area contributed by atoms with E-state index in [1.807, 2.05) is 26.0 Å². The van der Waals surface area contributed by atoms with Crippen LogP contribution in [0.25, 0.3) is 17.5 Å². The quantitative estimate of drug-likeness (QED) is 0.423. The van der Waals surface area contributed by atoms with Crippen LogP contribution in [0.15, 0.2) is 53.0 Å². The minimum Gasteiger partial charge on any atom is -0.419 e. The molecule has 0 aliphatic heterocycles. The van der Waals surface area contributed by atoms with Gasteiger partial charge in [0.2, 0.25) is 17.7 Å². The molecule has 0 unspecified atom stereocenters. The van der Waals surface area contributed by atoms with Crippen LogP contribution in [0.5, 0.6) is 0 Å². The predicted molar refractivity (Wildman–Crippen MR) is 116 cm³/mol. The van der Waals surface area contributed by atoms with Gasteiger partial charge in [0.05, 0.1) is 27.2 Å². The molecule has 1 heterocycles. The van der Waals surface area contributed by atoms with Crippen molar-refractivity contribution < 1.29 is 9.21 Å². The van der Waals surface area contributed by atoms with Gasteiger partial charge in [-0.25, -0.2) is 0 Å². The summed E-state index contributed by atoms with van der Waals surface area (Å²) in [6, 6.07) is 12.3. The van der Waals surface area contributed by atoms with Crippen LogP contribution in [0, 0.1) is 0 Å². The molecule has 0 aliphatic carbocycles. The second-order valence-electron chi connectivity index (χ2n) is 6.55. The lowest BCUT2D eigenvalue weighted by Crippen LogP contribution is -2.35. The zero-order valence-corrected chi connectivity index (χ0v) is 18.0.